The molecule has 100 valence electrons. The molecule has 1 heterocycles. The molecular formula is C15H17FN2O. The normalized spacial score (nSPS) is 10.8. The van der Waals surface area contributed by atoms with E-state index in [1.807, 2.05) is 19.9 Å². The van der Waals surface area contributed by atoms with Crippen molar-refractivity contribution in [1.29, 1.82) is 0 Å². The molecule has 0 bridgehead atoms. The van der Waals surface area contributed by atoms with E-state index in [4.69, 9.17) is 10.5 Å². The zero-order chi connectivity index (χ0) is 13.8. The highest BCUT2D eigenvalue weighted by atomic mass is 19.1. The molecule has 1 aromatic carbocycles. The summed E-state index contributed by atoms with van der Waals surface area (Å²) in [5.41, 5.74) is 8.16. The smallest absolute Gasteiger partial charge is 0.138 e. The Bertz CT molecular complexity index is 570. The molecule has 0 fully saturated rings. The second-order valence-corrected chi connectivity index (χ2v) is 4.58. The van der Waals surface area contributed by atoms with E-state index in [9.17, 15) is 4.39 Å². The van der Waals surface area contributed by atoms with E-state index < -0.39 is 0 Å². The Morgan fingerprint density at radius 3 is 2.74 bits per heavy atom. The first kappa shape index (κ1) is 13.5. The van der Waals surface area contributed by atoms with E-state index in [2.05, 4.69) is 4.98 Å². The van der Waals surface area contributed by atoms with Gasteiger partial charge in [0.1, 0.15) is 11.6 Å². The molecule has 0 spiro atoms. The number of halogens is 1. The van der Waals surface area contributed by atoms with Crippen LogP contribution >= 0.6 is 0 Å². The van der Waals surface area contributed by atoms with Crippen LogP contribution in [0.4, 0.5) is 4.39 Å². The van der Waals surface area contributed by atoms with Crippen molar-refractivity contribution in [2.75, 3.05) is 0 Å². The van der Waals surface area contributed by atoms with Crippen molar-refractivity contribution < 1.29 is 9.13 Å². The number of nitrogens with two attached hydrogens (primary N) is 1. The topological polar surface area (TPSA) is 48.1 Å². The number of aromatic nitrogens is 1. The summed E-state index contributed by atoms with van der Waals surface area (Å²) in [6, 6.07) is 6.48. The number of benzene rings is 1. The average Bonchev–Trinajstić information content (AvgIpc) is 2.38. The van der Waals surface area contributed by atoms with E-state index in [0.29, 0.717) is 5.75 Å². The maximum absolute atomic E-state index is 13.2. The number of pyridine rings is 1. The Balaban J connectivity index is 2.41. The average molecular weight is 260 g/mol. The van der Waals surface area contributed by atoms with Gasteiger partial charge in [0.2, 0.25) is 0 Å². The lowest BCUT2D eigenvalue weighted by molar-refractivity contribution is 0.241. The molecule has 0 saturated heterocycles. The quantitative estimate of drug-likeness (QED) is 0.918. The summed E-state index contributed by atoms with van der Waals surface area (Å²) in [5, 5.41) is 0. The standard InChI is InChI=1S/C15H17FN2O/c1-10(2)19-14-6-12(8-18-9-14)15-4-3-13(16)5-11(15)7-17/h3-6,8-10H,7,17H2,1-2H3. The van der Waals surface area contributed by atoms with Gasteiger partial charge in [0.25, 0.3) is 0 Å². The molecule has 0 aliphatic carbocycles. The van der Waals surface area contributed by atoms with E-state index in [1.54, 1.807) is 18.5 Å². The maximum Gasteiger partial charge on any atom is 0.138 e. The van der Waals surface area contributed by atoms with Gasteiger partial charge in [-0.15, -0.1) is 0 Å². The molecule has 2 N–H and O–H groups in total. The predicted molar refractivity (Wildman–Crippen MR) is 73.3 cm³/mol. The molecular weight excluding hydrogens is 243 g/mol. The largest absolute Gasteiger partial charge is 0.489 e. The molecule has 19 heavy (non-hydrogen) atoms. The summed E-state index contributed by atoms with van der Waals surface area (Å²) in [4.78, 5) is 4.15. The first-order valence-electron chi connectivity index (χ1n) is 6.20. The maximum atomic E-state index is 13.2. The zero-order valence-corrected chi connectivity index (χ0v) is 11.1. The van der Waals surface area contributed by atoms with Crippen molar-refractivity contribution >= 4 is 0 Å². The second-order valence-electron chi connectivity index (χ2n) is 4.58. The molecule has 0 radical (unpaired) electrons. The lowest BCUT2D eigenvalue weighted by Crippen LogP contribution is -2.06. The second kappa shape index (κ2) is 5.80. The Morgan fingerprint density at radius 2 is 2.05 bits per heavy atom. The van der Waals surface area contributed by atoms with Crippen molar-refractivity contribution in [2.45, 2.75) is 26.5 Å². The fourth-order valence-corrected chi connectivity index (χ4v) is 1.92. The minimum absolute atomic E-state index is 0.0826. The fourth-order valence-electron chi connectivity index (χ4n) is 1.92. The number of rotatable bonds is 4. The molecule has 2 aromatic rings. The molecule has 3 nitrogen and oxygen atoms in total. The third kappa shape index (κ3) is 3.29. The van der Waals surface area contributed by atoms with E-state index in [1.165, 1.54) is 12.1 Å². The summed E-state index contributed by atoms with van der Waals surface area (Å²) < 4.78 is 18.8. The summed E-state index contributed by atoms with van der Waals surface area (Å²) in [5.74, 6) is 0.409. The monoisotopic (exact) mass is 260 g/mol. The van der Waals surface area contributed by atoms with Crippen molar-refractivity contribution in [3.8, 4) is 16.9 Å². The number of hydrogen-bond acceptors (Lipinski definition) is 3. The molecule has 0 amide bonds. The SMILES string of the molecule is CC(C)Oc1cncc(-c2ccc(F)cc2CN)c1. The van der Waals surface area contributed by atoms with E-state index >= 15 is 0 Å². The Hall–Kier alpha value is -1.94. The van der Waals surface area contributed by atoms with Gasteiger partial charge in [0.05, 0.1) is 12.3 Å². The lowest BCUT2D eigenvalue weighted by atomic mass is 10.0. The fraction of sp³-hybridized carbons (Fsp3) is 0.267. The van der Waals surface area contributed by atoms with Crippen LogP contribution in [0.25, 0.3) is 11.1 Å². The van der Waals surface area contributed by atoms with Crippen molar-refractivity contribution in [1.82, 2.24) is 4.98 Å². The van der Waals surface area contributed by atoms with Gasteiger partial charge in [0, 0.05) is 18.3 Å². The van der Waals surface area contributed by atoms with E-state index in [0.717, 1.165) is 16.7 Å². The lowest BCUT2D eigenvalue weighted by Gasteiger charge is -2.12. The highest BCUT2D eigenvalue weighted by Gasteiger charge is 2.08. The van der Waals surface area contributed by atoms with Gasteiger partial charge in [-0.1, -0.05) is 6.07 Å². The summed E-state index contributed by atoms with van der Waals surface area (Å²) in [6.45, 7) is 4.19. The highest BCUT2D eigenvalue weighted by Crippen LogP contribution is 2.26. The highest BCUT2D eigenvalue weighted by molar-refractivity contribution is 5.67. The van der Waals surface area contributed by atoms with Crippen LogP contribution < -0.4 is 10.5 Å². The van der Waals surface area contributed by atoms with Crippen LogP contribution in [0.1, 0.15) is 19.4 Å². The molecule has 1 aromatic heterocycles. The predicted octanol–water partition coefficient (Wildman–Crippen LogP) is 3.13. The third-order valence-corrected chi connectivity index (χ3v) is 2.68. The number of hydrogen-bond donors (Lipinski definition) is 1. The van der Waals surface area contributed by atoms with Crippen molar-refractivity contribution in [3.63, 3.8) is 0 Å². The van der Waals surface area contributed by atoms with Crippen LogP contribution in [0.3, 0.4) is 0 Å². The summed E-state index contributed by atoms with van der Waals surface area (Å²) in [6.07, 6.45) is 3.47. The van der Waals surface area contributed by atoms with Gasteiger partial charge in [-0.05, 0) is 43.2 Å². The van der Waals surface area contributed by atoms with Gasteiger partial charge in [0.15, 0.2) is 0 Å². The molecule has 0 saturated carbocycles. The molecule has 0 unspecified atom stereocenters. The first-order chi connectivity index (χ1) is 9.10. The minimum atomic E-state index is -0.285. The van der Waals surface area contributed by atoms with Crippen LogP contribution in [-0.2, 0) is 6.54 Å². The van der Waals surface area contributed by atoms with Gasteiger partial charge in [-0.3, -0.25) is 4.98 Å². The molecule has 2 rings (SSSR count). The van der Waals surface area contributed by atoms with Gasteiger partial charge in [-0.2, -0.15) is 0 Å². The number of ether oxygens (including phenoxy) is 1. The third-order valence-electron chi connectivity index (χ3n) is 2.68. The van der Waals surface area contributed by atoms with Crippen LogP contribution in [0.15, 0.2) is 36.7 Å². The van der Waals surface area contributed by atoms with Crippen molar-refractivity contribution in [3.05, 3.63) is 48.0 Å². The summed E-state index contributed by atoms with van der Waals surface area (Å²) in [7, 11) is 0. The first-order valence-corrected chi connectivity index (χ1v) is 6.20. The minimum Gasteiger partial charge on any atom is -0.489 e. The van der Waals surface area contributed by atoms with Gasteiger partial charge >= 0.3 is 0 Å². The van der Waals surface area contributed by atoms with Gasteiger partial charge < -0.3 is 10.5 Å². The summed E-state index contributed by atoms with van der Waals surface area (Å²) >= 11 is 0. The molecule has 0 atom stereocenters. The van der Waals surface area contributed by atoms with Crippen LogP contribution in [0.2, 0.25) is 0 Å². The Kier molecular flexibility index (Phi) is 4.12. The zero-order valence-electron chi connectivity index (χ0n) is 11.1. The van der Waals surface area contributed by atoms with Crippen LogP contribution in [0.5, 0.6) is 5.75 Å². The molecule has 4 heteroatoms. The van der Waals surface area contributed by atoms with Crippen molar-refractivity contribution in [2.24, 2.45) is 5.73 Å². The van der Waals surface area contributed by atoms with Crippen LogP contribution in [0, 0.1) is 5.82 Å². The van der Waals surface area contributed by atoms with Gasteiger partial charge in [-0.25, -0.2) is 4.39 Å². The Labute approximate surface area is 112 Å². The van der Waals surface area contributed by atoms with Crippen LogP contribution in [-0.4, -0.2) is 11.1 Å². The van der Waals surface area contributed by atoms with E-state index in [-0.39, 0.29) is 18.5 Å². The Morgan fingerprint density at radius 1 is 1.26 bits per heavy atom. The molecule has 0 aliphatic rings. The number of nitrogens with zero attached hydrogens (tertiary/aromatic N) is 1. The molecule has 0 aliphatic heterocycles.